The van der Waals surface area contributed by atoms with Crippen LogP contribution in [0.25, 0.3) is 11.1 Å². The standard InChI is InChI=1S/C28H41B3O6/c1-23(2)24(3,4)33-29(32-23)18-13-15-19-20(16-14-18)22(31-36-27(9,10)28(11,12)37-31)17-21(19)30-34-25(5,6)26(7,8)35-30/h13-17H,1-12H3. The third-order valence-electron chi connectivity index (χ3n) is 9.65. The number of rotatable bonds is 3. The molecule has 0 aromatic rings. The summed E-state index contributed by atoms with van der Waals surface area (Å²) in [5, 5.41) is 0. The third kappa shape index (κ3) is 4.21. The molecule has 0 atom stereocenters. The lowest BCUT2D eigenvalue weighted by molar-refractivity contribution is 0.00578. The van der Waals surface area contributed by atoms with Gasteiger partial charge in [0.25, 0.3) is 0 Å². The molecule has 6 nitrogen and oxygen atoms in total. The van der Waals surface area contributed by atoms with Gasteiger partial charge in [0.2, 0.25) is 0 Å². The van der Waals surface area contributed by atoms with E-state index < -0.39 is 55.0 Å². The highest BCUT2D eigenvalue weighted by atomic mass is 16.7. The molecule has 198 valence electrons. The quantitative estimate of drug-likeness (QED) is 0.593. The van der Waals surface area contributed by atoms with E-state index in [9.17, 15) is 0 Å². The Morgan fingerprint density at radius 2 is 0.676 bits per heavy atom. The van der Waals surface area contributed by atoms with Gasteiger partial charge in [0, 0.05) is 0 Å². The smallest absolute Gasteiger partial charge is 0.399 e. The van der Waals surface area contributed by atoms with Crippen LogP contribution < -0.4 is 16.4 Å². The van der Waals surface area contributed by atoms with Crippen molar-refractivity contribution in [1.82, 2.24) is 0 Å². The summed E-state index contributed by atoms with van der Waals surface area (Å²) in [5.41, 5.74) is 2.33. The second-order valence-corrected chi connectivity index (χ2v) is 13.8. The average molecular weight is 506 g/mol. The molecule has 3 fully saturated rings. The first-order chi connectivity index (χ1) is 16.8. The Bertz CT molecular complexity index is 1070. The molecule has 2 aliphatic carbocycles. The lowest BCUT2D eigenvalue weighted by Gasteiger charge is -2.32. The van der Waals surface area contributed by atoms with Gasteiger partial charge in [-0.25, -0.2) is 0 Å². The van der Waals surface area contributed by atoms with Crippen molar-refractivity contribution >= 4 is 37.7 Å². The Balaban J connectivity index is 1.61. The summed E-state index contributed by atoms with van der Waals surface area (Å²) in [5.74, 6) is 0. The third-order valence-corrected chi connectivity index (χ3v) is 9.65. The molecule has 3 heterocycles. The Morgan fingerprint density at radius 1 is 0.405 bits per heavy atom. The molecule has 0 bridgehead atoms. The van der Waals surface area contributed by atoms with E-state index in [4.69, 9.17) is 27.9 Å². The van der Waals surface area contributed by atoms with Gasteiger partial charge in [-0.3, -0.25) is 0 Å². The summed E-state index contributed by atoms with van der Waals surface area (Å²) in [6.07, 6.45) is 0. The monoisotopic (exact) mass is 506 g/mol. The van der Waals surface area contributed by atoms with Crippen LogP contribution in [0, 0.1) is 0 Å². The Morgan fingerprint density at radius 3 is 0.973 bits per heavy atom. The summed E-state index contributed by atoms with van der Waals surface area (Å²) in [6, 6.07) is 10.5. The van der Waals surface area contributed by atoms with Gasteiger partial charge in [-0.1, -0.05) is 30.3 Å². The van der Waals surface area contributed by atoms with Crippen LogP contribution in [0.4, 0.5) is 0 Å². The largest absolute Gasteiger partial charge is 0.495 e. The van der Waals surface area contributed by atoms with E-state index in [2.05, 4.69) is 113 Å². The zero-order valence-corrected chi connectivity index (χ0v) is 24.6. The van der Waals surface area contributed by atoms with Gasteiger partial charge in [-0.05, 0) is 111 Å². The zero-order valence-electron chi connectivity index (χ0n) is 24.6. The van der Waals surface area contributed by atoms with E-state index in [1.54, 1.807) is 0 Å². The highest BCUT2D eigenvalue weighted by molar-refractivity contribution is 6.70. The maximum Gasteiger partial charge on any atom is 0.495 e. The molecule has 0 aromatic carbocycles. The highest BCUT2D eigenvalue weighted by Crippen LogP contribution is 2.40. The van der Waals surface area contributed by atoms with Crippen molar-refractivity contribution in [2.45, 2.75) is 117 Å². The molecule has 9 heteroatoms. The van der Waals surface area contributed by atoms with Gasteiger partial charge in [-0.15, -0.1) is 0 Å². The summed E-state index contributed by atoms with van der Waals surface area (Å²) >= 11 is 0. The van der Waals surface area contributed by atoms with Crippen molar-refractivity contribution in [3.8, 4) is 11.1 Å². The fourth-order valence-corrected chi connectivity index (χ4v) is 4.89. The van der Waals surface area contributed by atoms with E-state index in [1.807, 2.05) is 0 Å². The summed E-state index contributed by atoms with van der Waals surface area (Å²) in [7, 11) is -1.47. The minimum absolute atomic E-state index is 0.414. The molecule has 3 saturated heterocycles. The summed E-state index contributed by atoms with van der Waals surface area (Å²) < 4.78 is 38.6. The summed E-state index contributed by atoms with van der Waals surface area (Å²) in [4.78, 5) is 0. The van der Waals surface area contributed by atoms with Gasteiger partial charge in [0.05, 0.1) is 33.6 Å². The molecule has 0 amide bonds. The second kappa shape index (κ2) is 8.09. The van der Waals surface area contributed by atoms with Crippen LogP contribution in [-0.4, -0.2) is 55.0 Å². The first-order valence-electron chi connectivity index (χ1n) is 13.4. The SMILES string of the molecule is CC1(C)OB(c2ccc3c(B4OC(C)(C)C(C)(C)O4)cc(B4OC(C)(C)C(C)(C)O4)c-3cc2)OC1(C)C. The minimum atomic E-state index is -0.508. The van der Waals surface area contributed by atoms with Crippen molar-refractivity contribution < 1.29 is 27.9 Å². The molecule has 0 N–H and O–H groups in total. The predicted molar refractivity (Wildman–Crippen MR) is 150 cm³/mol. The van der Waals surface area contributed by atoms with Crippen molar-refractivity contribution in [2.24, 2.45) is 0 Å². The van der Waals surface area contributed by atoms with Crippen LogP contribution in [0.15, 0.2) is 30.3 Å². The van der Waals surface area contributed by atoms with Crippen molar-refractivity contribution in [3.63, 3.8) is 0 Å². The second-order valence-electron chi connectivity index (χ2n) is 13.8. The lowest BCUT2D eigenvalue weighted by atomic mass is 9.76. The van der Waals surface area contributed by atoms with Gasteiger partial charge in [0.15, 0.2) is 0 Å². The van der Waals surface area contributed by atoms with Gasteiger partial charge >= 0.3 is 21.4 Å². The molecular weight excluding hydrogens is 465 g/mol. The predicted octanol–water partition coefficient (Wildman–Crippen LogP) is 3.69. The molecule has 5 aliphatic rings. The van der Waals surface area contributed by atoms with Crippen molar-refractivity contribution in [2.75, 3.05) is 0 Å². The molecular formula is C28H41B3O6. The van der Waals surface area contributed by atoms with Crippen LogP contribution in [0.1, 0.15) is 83.1 Å². The highest BCUT2D eigenvalue weighted by Gasteiger charge is 2.56. The average Bonchev–Trinajstić information content (AvgIpc) is 3.26. The van der Waals surface area contributed by atoms with Gasteiger partial charge in [-0.2, -0.15) is 0 Å². The number of hydrogen-bond acceptors (Lipinski definition) is 6. The fraction of sp³-hybridized carbons (Fsp3) is 0.643. The molecule has 0 spiro atoms. The number of fused-ring (bicyclic) bond motifs is 1. The maximum absolute atomic E-state index is 6.48. The lowest BCUT2D eigenvalue weighted by Crippen LogP contribution is -2.41. The van der Waals surface area contributed by atoms with E-state index in [0.717, 1.165) is 27.5 Å². The van der Waals surface area contributed by atoms with Gasteiger partial charge in [0.1, 0.15) is 0 Å². The van der Waals surface area contributed by atoms with E-state index in [-0.39, 0.29) is 0 Å². The molecule has 5 rings (SSSR count). The van der Waals surface area contributed by atoms with Crippen LogP contribution >= 0.6 is 0 Å². The maximum atomic E-state index is 6.48. The first kappa shape index (κ1) is 27.2. The van der Waals surface area contributed by atoms with E-state index >= 15 is 0 Å². The normalized spacial score (nSPS) is 26.9. The molecule has 37 heavy (non-hydrogen) atoms. The summed E-state index contributed by atoms with van der Waals surface area (Å²) in [6.45, 7) is 24.9. The van der Waals surface area contributed by atoms with Gasteiger partial charge < -0.3 is 27.9 Å². The van der Waals surface area contributed by atoms with Crippen LogP contribution in [0.2, 0.25) is 0 Å². The molecule has 0 saturated carbocycles. The Hall–Kier alpha value is -1.35. The van der Waals surface area contributed by atoms with Crippen molar-refractivity contribution in [1.29, 1.82) is 0 Å². The number of hydrogen-bond donors (Lipinski definition) is 0. The minimum Gasteiger partial charge on any atom is -0.399 e. The fourth-order valence-electron chi connectivity index (χ4n) is 4.89. The zero-order chi connectivity index (χ0) is 27.4. The first-order valence-corrected chi connectivity index (χ1v) is 13.4. The topological polar surface area (TPSA) is 55.4 Å². The Kier molecular flexibility index (Phi) is 5.95. The Labute approximate surface area is 223 Å². The molecule has 3 aliphatic heterocycles. The van der Waals surface area contributed by atoms with Crippen LogP contribution in [0.5, 0.6) is 0 Å². The molecule has 0 radical (unpaired) electrons. The van der Waals surface area contributed by atoms with Crippen molar-refractivity contribution in [3.05, 3.63) is 30.3 Å². The van der Waals surface area contributed by atoms with Crippen LogP contribution in [-0.2, 0) is 27.9 Å². The van der Waals surface area contributed by atoms with Crippen LogP contribution in [0.3, 0.4) is 0 Å². The molecule has 0 aromatic heterocycles. The molecule has 0 unspecified atom stereocenters. The van der Waals surface area contributed by atoms with E-state index in [1.165, 1.54) is 0 Å². The van der Waals surface area contributed by atoms with E-state index in [0.29, 0.717) is 0 Å².